The molecule has 0 heterocycles. The lowest BCUT2D eigenvalue weighted by Gasteiger charge is -2.20. The van der Waals surface area contributed by atoms with E-state index in [1.165, 1.54) is 26.4 Å². The van der Waals surface area contributed by atoms with Gasteiger partial charge in [0.25, 0.3) is 11.8 Å². The molecule has 0 fully saturated rings. The average Bonchev–Trinajstić information content (AvgIpc) is 2.85. The van der Waals surface area contributed by atoms with Crippen molar-refractivity contribution < 1.29 is 37.3 Å². The highest BCUT2D eigenvalue weighted by Crippen LogP contribution is 2.29. The summed E-state index contributed by atoms with van der Waals surface area (Å²) < 4.78 is 49.8. The quantitative estimate of drug-likeness (QED) is 0.173. The Hall–Kier alpha value is -3.77. The van der Waals surface area contributed by atoms with Crippen LogP contribution in [0.25, 0.3) is 0 Å². The zero-order chi connectivity index (χ0) is 26.7. The Morgan fingerprint density at radius 1 is 1.11 bits per heavy atom. The fourth-order valence-electron chi connectivity index (χ4n) is 3.15. The van der Waals surface area contributed by atoms with Gasteiger partial charge in [-0.3, -0.25) is 15.0 Å². The number of hydrogen-bond donors (Lipinski definition) is 4. The van der Waals surface area contributed by atoms with E-state index in [0.717, 1.165) is 12.1 Å². The van der Waals surface area contributed by atoms with Crippen molar-refractivity contribution in [1.29, 1.82) is 5.41 Å². The molecule has 0 aromatic heterocycles. The normalized spacial score (nSPS) is 11.5. The number of amidine groups is 1. The molecule has 0 aliphatic carbocycles. The molecule has 0 bridgehead atoms. The summed E-state index contributed by atoms with van der Waals surface area (Å²) in [5.41, 5.74) is 5.77. The number of methoxy groups -OCH3 is 2. The summed E-state index contributed by atoms with van der Waals surface area (Å²) in [5.74, 6) is -3.25. The molecule has 10 nitrogen and oxygen atoms in total. The number of ether oxygens (including phenoxy) is 4. The van der Waals surface area contributed by atoms with Crippen molar-refractivity contribution in [3.8, 4) is 11.5 Å². The van der Waals surface area contributed by atoms with Crippen LogP contribution in [0.15, 0.2) is 30.3 Å². The number of nitrogens with two attached hydrogens (primary N) is 1. The summed E-state index contributed by atoms with van der Waals surface area (Å²) in [7, 11) is 2.77. The fourth-order valence-corrected chi connectivity index (χ4v) is 3.15. The summed E-state index contributed by atoms with van der Waals surface area (Å²) in [4.78, 5) is 24.9. The van der Waals surface area contributed by atoms with Crippen LogP contribution < -0.4 is 25.8 Å². The van der Waals surface area contributed by atoms with Crippen LogP contribution in [0.3, 0.4) is 0 Å². The molecule has 2 amide bonds. The number of halogens is 2. The van der Waals surface area contributed by atoms with Gasteiger partial charge in [-0.1, -0.05) is 12.1 Å². The fraction of sp³-hybridized carbons (Fsp3) is 0.375. The minimum Gasteiger partial charge on any atom is -0.497 e. The smallest absolute Gasteiger partial charge is 0.258 e. The molecule has 5 N–H and O–H groups in total. The van der Waals surface area contributed by atoms with Crippen LogP contribution in [0.5, 0.6) is 11.5 Å². The average molecular weight is 509 g/mol. The predicted molar refractivity (Wildman–Crippen MR) is 127 cm³/mol. The number of rotatable bonds is 14. The molecule has 0 aliphatic rings. The SMILES string of the molecule is CCO[C@H](C(=O)NCc1ccc(C(=N)N)cc1OCC(=O)NCCOC)c1c(F)cc(OC)cc1F. The second-order valence-electron chi connectivity index (χ2n) is 7.43. The topological polar surface area (TPSA) is 145 Å². The highest BCUT2D eigenvalue weighted by atomic mass is 19.1. The Kier molecular flexibility index (Phi) is 11.0. The number of amides is 2. The second-order valence-corrected chi connectivity index (χ2v) is 7.43. The van der Waals surface area contributed by atoms with Crippen molar-refractivity contribution in [2.75, 3.05) is 40.6 Å². The molecule has 0 aliphatic heterocycles. The van der Waals surface area contributed by atoms with Crippen molar-refractivity contribution in [2.45, 2.75) is 19.6 Å². The van der Waals surface area contributed by atoms with Crippen LogP contribution in [0.2, 0.25) is 0 Å². The van der Waals surface area contributed by atoms with Gasteiger partial charge >= 0.3 is 0 Å². The Bertz CT molecular complexity index is 1060. The van der Waals surface area contributed by atoms with E-state index in [-0.39, 0.29) is 37.1 Å². The molecule has 0 radical (unpaired) electrons. The van der Waals surface area contributed by atoms with Crippen molar-refractivity contribution in [2.24, 2.45) is 5.73 Å². The van der Waals surface area contributed by atoms with Gasteiger partial charge in [-0.05, 0) is 13.0 Å². The highest BCUT2D eigenvalue weighted by molar-refractivity contribution is 5.95. The third kappa shape index (κ3) is 7.89. The lowest BCUT2D eigenvalue weighted by Crippen LogP contribution is -2.33. The maximum absolute atomic E-state index is 14.6. The van der Waals surface area contributed by atoms with E-state index in [1.807, 2.05) is 0 Å². The zero-order valence-corrected chi connectivity index (χ0v) is 20.3. The van der Waals surface area contributed by atoms with Gasteiger partial charge in [-0.15, -0.1) is 0 Å². The second kappa shape index (κ2) is 14.0. The van der Waals surface area contributed by atoms with Gasteiger partial charge in [0, 0.05) is 50.1 Å². The first-order valence-corrected chi connectivity index (χ1v) is 11.0. The van der Waals surface area contributed by atoms with E-state index in [0.29, 0.717) is 24.3 Å². The Morgan fingerprint density at radius 2 is 1.81 bits per heavy atom. The van der Waals surface area contributed by atoms with Gasteiger partial charge in [0.1, 0.15) is 29.0 Å². The summed E-state index contributed by atoms with van der Waals surface area (Å²) in [5, 5.41) is 12.8. The monoisotopic (exact) mass is 508 g/mol. The van der Waals surface area contributed by atoms with Gasteiger partial charge in [0.15, 0.2) is 12.7 Å². The summed E-state index contributed by atoms with van der Waals surface area (Å²) in [6, 6.07) is 6.47. The van der Waals surface area contributed by atoms with E-state index in [1.54, 1.807) is 13.0 Å². The van der Waals surface area contributed by atoms with E-state index in [9.17, 15) is 18.4 Å². The first-order valence-electron chi connectivity index (χ1n) is 11.0. The molecule has 0 saturated heterocycles. The van der Waals surface area contributed by atoms with Crippen molar-refractivity contribution >= 4 is 17.6 Å². The minimum absolute atomic E-state index is 0.0167. The lowest BCUT2D eigenvalue weighted by atomic mass is 10.1. The predicted octanol–water partition coefficient (Wildman–Crippen LogP) is 1.79. The molecule has 1 atom stereocenters. The highest BCUT2D eigenvalue weighted by Gasteiger charge is 2.28. The molecule has 2 rings (SSSR count). The summed E-state index contributed by atoms with van der Waals surface area (Å²) in [6.07, 6.45) is -1.56. The van der Waals surface area contributed by atoms with Crippen LogP contribution in [0.1, 0.15) is 29.7 Å². The van der Waals surface area contributed by atoms with Crippen LogP contribution in [-0.2, 0) is 25.6 Å². The number of nitrogens with one attached hydrogen (secondary N) is 3. The Morgan fingerprint density at radius 3 is 2.39 bits per heavy atom. The molecule has 0 saturated carbocycles. The van der Waals surface area contributed by atoms with E-state index in [4.69, 9.17) is 30.1 Å². The number of carbonyl (C=O) groups is 2. The molecule has 0 spiro atoms. The maximum Gasteiger partial charge on any atom is 0.258 e. The number of nitrogen functional groups attached to an aromatic ring is 1. The van der Waals surface area contributed by atoms with E-state index < -0.39 is 35.1 Å². The number of benzene rings is 2. The van der Waals surface area contributed by atoms with Gasteiger partial charge in [-0.25, -0.2) is 8.78 Å². The van der Waals surface area contributed by atoms with Crippen LogP contribution in [-0.4, -0.2) is 58.2 Å². The van der Waals surface area contributed by atoms with Crippen molar-refractivity contribution in [1.82, 2.24) is 10.6 Å². The van der Waals surface area contributed by atoms with Gasteiger partial charge in [-0.2, -0.15) is 0 Å². The molecular formula is C24H30F2N4O6. The molecule has 36 heavy (non-hydrogen) atoms. The number of hydrogen-bond acceptors (Lipinski definition) is 7. The van der Waals surface area contributed by atoms with Crippen molar-refractivity contribution in [3.05, 3.63) is 58.7 Å². The Labute approximate surface area is 207 Å². The standard InChI is InChI=1S/C24H30F2N4O6/c1-4-35-22(21-17(25)10-16(34-3)11-18(21)26)24(32)30-12-15-6-5-14(23(27)28)9-19(15)36-13-20(31)29-7-8-33-2/h5-6,9-11,22H,4,7-8,12-13H2,1-3H3,(H3,27,28)(H,29,31)(H,30,32)/t22-/m0/s1. The molecular weight excluding hydrogens is 478 g/mol. The third-order valence-electron chi connectivity index (χ3n) is 4.94. The minimum atomic E-state index is -1.56. The molecule has 2 aromatic carbocycles. The van der Waals surface area contributed by atoms with E-state index >= 15 is 0 Å². The first kappa shape index (κ1) is 28.5. The maximum atomic E-state index is 14.6. The Balaban J connectivity index is 2.20. The number of carbonyl (C=O) groups excluding carboxylic acids is 2. The molecule has 12 heteroatoms. The van der Waals surface area contributed by atoms with Gasteiger partial charge in [0.05, 0.1) is 19.3 Å². The zero-order valence-electron chi connectivity index (χ0n) is 20.3. The van der Waals surface area contributed by atoms with Crippen LogP contribution in [0, 0.1) is 17.0 Å². The van der Waals surface area contributed by atoms with Gasteiger partial charge < -0.3 is 35.3 Å². The first-order chi connectivity index (χ1) is 17.2. The van der Waals surface area contributed by atoms with Crippen LogP contribution in [0.4, 0.5) is 8.78 Å². The summed E-state index contributed by atoms with van der Waals surface area (Å²) in [6.45, 7) is 1.77. The third-order valence-corrected chi connectivity index (χ3v) is 4.94. The molecule has 196 valence electrons. The molecule has 0 unspecified atom stereocenters. The lowest BCUT2D eigenvalue weighted by molar-refractivity contribution is -0.133. The van der Waals surface area contributed by atoms with Gasteiger partial charge in [0.2, 0.25) is 0 Å². The van der Waals surface area contributed by atoms with Crippen LogP contribution >= 0.6 is 0 Å². The van der Waals surface area contributed by atoms with E-state index in [2.05, 4.69) is 10.6 Å². The largest absolute Gasteiger partial charge is 0.497 e. The molecule has 2 aromatic rings. The van der Waals surface area contributed by atoms with Crippen molar-refractivity contribution in [3.63, 3.8) is 0 Å². The summed E-state index contributed by atoms with van der Waals surface area (Å²) >= 11 is 0.